The van der Waals surface area contributed by atoms with Crippen molar-refractivity contribution >= 4 is 17.0 Å². The summed E-state index contributed by atoms with van der Waals surface area (Å²) in [5.74, 6) is 0. The van der Waals surface area contributed by atoms with Crippen LogP contribution >= 0.6 is 11.3 Å². The summed E-state index contributed by atoms with van der Waals surface area (Å²) < 4.78 is 0. The topological polar surface area (TPSA) is 38.9 Å². The van der Waals surface area contributed by atoms with E-state index in [1.54, 1.807) is 11.3 Å². The molecule has 2 aromatic carbocycles. The summed E-state index contributed by atoms with van der Waals surface area (Å²) in [6, 6.07) is 12.5. The second kappa shape index (κ2) is 5.34. The second-order valence-electron chi connectivity index (χ2n) is 5.38. The van der Waals surface area contributed by atoms with Crippen molar-refractivity contribution in [3.8, 4) is 21.8 Å². The van der Waals surface area contributed by atoms with Crippen molar-refractivity contribution in [2.24, 2.45) is 0 Å². The molecule has 21 heavy (non-hydrogen) atoms. The molecule has 2 nitrogen and oxygen atoms in total. The average Bonchev–Trinajstić information content (AvgIpc) is 2.94. The van der Waals surface area contributed by atoms with Gasteiger partial charge in [-0.15, -0.1) is 11.3 Å². The van der Waals surface area contributed by atoms with E-state index < -0.39 is 0 Å². The Bertz CT molecular complexity index is 786. The molecule has 3 aromatic rings. The normalized spacial score (nSPS) is 10.8. The summed E-state index contributed by atoms with van der Waals surface area (Å²) in [4.78, 5) is 4.82. The van der Waals surface area contributed by atoms with Crippen LogP contribution in [0.1, 0.15) is 16.7 Å². The monoisotopic (exact) mass is 294 g/mol. The highest BCUT2D eigenvalue weighted by atomic mass is 32.1. The van der Waals surface area contributed by atoms with Gasteiger partial charge >= 0.3 is 0 Å². The van der Waals surface area contributed by atoms with E-state index in [1.165, 1.54) is 16.7 Å². The first-order valence-electron chi connectivity index (χ1n) is 6.95. The number of thiazole rings is 1. The Kier molecular flexibility index (Phi) is 3.52. The largest absolute Gasteiger partial charge is 0.398 e. The van der Waals surface area contributed by atoms with Crippen molar-refractivity contribution in [1.82, 2.24) is 4.98 Å². The molecule has 0 bridgehead atoms. The first kappa shape index (κ1) is 13.8. The molecule has 0 aliphatic heterocycles. The summed E-state index contributed by atoms with van der Waals surface area (Å²) in [5, 5.41) is 3.15. The molecule has 0 saturated heterocycles. The van der Waals surface area contributed by atoms with Gasteiger partial charge in [-0.1, -0.05) is 29.8 Å². The Morgan fingerprint density at radius 3 is 2.62 bits per heavy atom. The van der Waals surface area contributed by atoms with E-state index >= 15 is 0 Å². The van der Waals surface area contributed by atoms with E-state index in [0.29, 0.717) is 0 Å². The zero-order valence-corrected chi connectivity index (χ0v) is 13.3. The van der Waals surface area contributed by atoms with Gasteiger partial charge in [0.05, 0.1) is 5.69 Å². The molecular formula is C18H18N2S. The van der Waals surface area contributed by atoms with Gasteiger partial charge in [-0.3, -0.25) is 0 Å². The number of rotatable bonds is 2. The minimum Gasteiger partial charge on any atom is -0.398 e. The van der Waals surface area contributed by atoms with Gasteiger partial charge in [0.15, 0.2) is 0 Å². The molecule has 0 saturated carbocycles. The van der Waals surface area contributed by atoms with E-state index in [9.17, 15) is 0 Å². The van der Waals surface area contributed by atoms with Gasteiger partial charge in [-0.25, -0.2) is 4.98 Å². The third kappa shape index (κ3) is 2.57. The first-order chi connectivity index (χ1) is 10.1. The van der Waals surface area contributed by atoms with E-state index in [1.807, 2.05) is 19.1 Å². The number of aryl methyl sites for hydroxylation is 2. The van der Waals surface area contributed by atoms with Crippen molar-refractivity contribution < 1.29 is 0 Å². The van der Waals surface area contributed by atoms with Crippen LogP contribution in [0.25, 0.3) is 21.8 Å². The van der Waals surface area contributed by atoms with Gasteiger partial charge in [0.25, 0.3) is 0 Å². The molecule has 0 fully saturated rings. The molecule has 3 heteroatoms. The molecule has 0 atom stereocenters. The molecule has 2 N–H and O–H groups in total. The van der Waals surface area contributed by atoms with Crippen LogP contribution in [-0.4, -0.2) is 4.98 Å². The number of hydrogen-bond acceptors (Lipinski definition) is 3. The van der Waals surface area contributed by atoms with Crippen LogP contribution in [-0.2, 0) is 0 Å². The lowest BCUT2D eigenvalue weighted by molar-refractivity contribution is 1.33. The number of nitrogens with two attached hydrogens (primary N) is 1. The molecule has 0 spiro atoms. The van der Waals surface area contributed by atoms with E-state index in [0.717, 1.165) is 27.5 Å². The molecule has 1 aromatic heterocycles. The second-order valence-corrected chi connectivity index (χ2v) is 6.23. The number of nitrogens with zero attached hydrogens (tertiary/aromatic N) is 1. The van der Waals surface area contributed by atoms with E-state index in [-0.39, 0.29) is 0 Å². The van der Waals surface area contributed by atoms with Crippen LogP contribution in [0, 0.1) is 20.8 Å². The van der Waals surface area contributed by atoms with Crippen molar-refractivity contribution in [1.29, 1.82) is 0 Å². The van der Waals surface area contributed by atoms with Crippen molar-refractivity contribution in [3.05, 3.63) is 58.5 Å². The molecule has 0 unspecified atom stereocenters. The Morgan fingerprint density at radius 1 is 1.00 bits per heavy atom. The van der Waals surface area contributed by atoms with Crippen LogP contribution in [0.5, 0.6) is 0 Å². The molecule has 3 rings (SSSR count). The van der Waals surface area contributed by atoms with Crippen LogP contribution < -0.4 is 5.73 Å². The maximum absolute atomic E-state index is 6.00. The summed E-state index contributed by atoms with van der Waals surface area (Å²) in [6.07, 6.45) is 0. The van der Waals surface area contributed by atoms with Gasteiger partial charge in [0.1, 0.15) is 5.01 Å². The molecule has 0 amide bonds. The van der Waals surface area contributed by atoms with Gasteiger partial charge in [0.2, 0.25) is 0 Å². The summed E-state index contributed by atoms with van der Waals surface area (Å²) in [5.41, 5.74) is 13.8. The highest BCUT2D eigenvalue weighted by molar-refractivity contribution is 7.13. The van der Waals surface area contributed by atoms with Crippen molar-refractivity contribution in [2.45, 2.75) is 20.8 Å². The lowest BCUT2D eigenvalue weighted by atomic mass is 10.0. The van der Waals surface area contributed by atoms with Gasteiger partial charge in [-0.2, -0.15) is 0 Å². The van der Waals surface area contributed by atoms with E-state index in [4.69, 9.17) is 10.7 Å². The zero-order chi connectivity index (χ0) is 15.0. The fraction of sp³-hybridized carbons (Fsp3) is 0.167. The molecule has 0 radical (unpaired) electrons. The number of benzene rings is 2. The summed E-state index contributed by atoms with van der Waals surface area (Å²) in [7, 11) is 0. The molecule has 1 heterocycles. The smallest absolute Gasteiger partial charge is 0.124 e. The lowest BCUT2D eigenvalue weighted by Crippen LogP contribution is -1.92. The zero-order valence-electron chi connectivity index (χ0n) is 12.5. The Morgan fingerprint density at radius 2 is 1.81 bits per heavy atom. The summed E-state index contributed by atoms with van der Waals surface area (Å²) >= 11 is 1.67. The minimum atomic E-state index is 0.816. The lowest BCUT2D eigenvalue weighted by Gasteiger charge is -2.06. The van der Waals surface area contributed by atoms with Crippen LogP contribution in [0.15, 0.2) is 41.8 Å². The molecule has 106 valence electrons. The third-order valence-electron chi connectivity index (χ3n) is 3.78. The predicted octanol–water partition coefficient (Wildman–Crippen LogP) is 4.98. The standard InChI is InChI=1S/C18H18N2S/c1-11-7-8-12(2)15(9-11)17-10-21-18(20-17)14-5-4-6-16(19)13(14)3/h4-10H,19H2,1-3H3. The van der Waals surface area contributed by atoms with Crippen LogP contribution in [0.4, 0.5) is 5.69 Å². The maximum atomic E-state index is 6.00. The quantitative estimate of drug-likeness (QED) is 0.677. The highest BCUT2D eigenvalue weighted by Crippen LogP contribution is 2.33. The predicted molar refractivity (Wildman–Crippen MR) is 91.6 cm³/mol. The fourth-order valence-electron chi connectivity index (χ4n) is 2.42. The van der Waals surface area contributed by atoms with Crippen molar-refractivity contribution in [3.63, 3.8) is 0 Å². The molecular weight excluding hydrogens is 276 g/mol. The number of hydrogen-bond donors (Lipinski definition) is 1. The maximum Gasteiger partial charge on any atom is 0.124 e. The Hall–Kier alpha value is -2.13. The minimum absolute atomic E-state index is 0.816. The van der Waals surface area contributed by atoms with E-state index in [2.05, 4.69) is 43.5 Å². The number of nitrogen functional groups attached to an aromatic ring is 1. The van der Waals surface area contributed by atoms with Crippen molar-refractivity contribution in [2.75, 3.05) is 5.73 Å². The highest BCUT2D eigenvalue weighted by Gasteiger charge is 2.11. The van der Waals surface area contributed by atoms with Gasteiger partial charge in [-0.05, 0) is 44.0 Å². The molecule has 0 aliphatic rings. The first-order valence-corrected chi connectivity index (χ1v) is 7.83. The number of aromatic nitrogens is 1. The average molecular weight is 294 g/mol. The SMILES string of the molecule is Cc1ccc(C)c(-c2csc(-c3cccc(N)c3C)n2)c1. The molecule has 0 aliphatic carbocycles. The third-order valence-corrected chi connectivity index (χ3v) is 4.65. The summed E-state index contributed by atoms with van der Waals surface area (Å²) in [6.45, 7) is 6.28. The van der Waals surface area contributed by atoms with Crippen LogP contribution in [0.3, 0.4) is 0 Å². The number of anilines is 1. The fourth-order valence-corrected chi connectivity index (χ4v) is 3.32. The Balaban J connectivity index is 2.08. The van der Waals surface area contributed by atoms with Gasteiger partial charge < -0.3 is 5.73 Å². The van der Waals surface area contributed by atoms with Gasteiger partial charge in [0, 0.05) is 22.2 Å². The Labute approximate surface area is 129 Å². The van der Waals surface area contributed by atoms with Crippen LogP contribution in [0.2, 0.25) is 0 Å².